The Morgan fingerprint density at radius 2 is 1.91 bits per heavy atom. The first-order chi connectivity index (χ1) is 10.4. The molecule has 1 aromatic carbocycles. The Balaban J connectivity index is 2.60. The highest BCUT2D eigenvalue weighted by Crippen LogP contribution is 2.40. The zero-order valence-corrected chi connectivity index (χ0v) is 13.3. The predicted molar refractivity (Wildman–Crippen MR) is 84.7 cm³/mol. The number of thiophene rings is 1. The number of halogens is 1. The molecule has 1 aromatic heterocycles. The lowest BCUT2D eigenvalue weighted by atomic mass is 10.0. The van der Waals surface area contributed by atoms with Gasteiger partial charge in [0, 0.05) is 17.4 Å². The number of nitrogens with one attached hydrogen (secondary N) is 1. The second-order valence-electron chi connectivity index (χ2n) is 4.65. The number of ether oxygens (including phenoxy) is 1. The lowest BCUT2D eigenvalue weighted by molar-refractivity contribution is -0.114. The molecule has 6 heteroatoms. The molecule has 1 heterocycles. The molecule has 0 unspecified atom stereocenters. The molecule has 2 aromatic rings. The third kappa shape index (κ3) is 3.33. The molecule has 0 aliphatic heterocycles. The van der Waals surface area contributed by atoms with Crippen molar-refractivity contribution in [3.8, 4) is 11.1 Å². The van der Waals surface area contributed by atoms with E-state index in [1.807, 2.05) is 6.92 Å². The fraction of sp³-hybridized carbons (Fsp3) is 0.250. The van der Waals surface area contributed by atoms with Gasteiger partial charge in [-0.05, 0) is 31.5 Å². The normalized spacial score (nSPS) is 10.4. The highest BCUT2D eigenvalue weighted by Gasteiger charge is 2.24. The molecule has 0 spiro atoms. The highest BCUT2D eigenvalue weighted by atomic mass is 32.1. The molecule has 0 saturated heterocycles. The third-order valence-corrected chi connectivity index (χ3v) is 4.01. The molecule has 1 N–H and O–H groups in total. The number of carbonyl (C=O) groups excluding carboxylic acids is 2. The molecule has 0 bridgehead atoms. The number of hydrogen-bond donors (Lipinski definition) is 1. The van der Waals surface area contributed by atoms with Crippen molar-refractivity contribution in [3.63, 3.8) is 0 Å². The number of anilines is 1. The first-order valence-corrected chi connectivity index (χ1v) is 7.59. The predicted octanol–water partition coefficient (Wildman–Crippen LogP) is 4.00. The number of amides is 1. The SMILES string of the molecule is CCOC(=O)c1c(NC(C)=O)sc(C)c1-c1ccc(F)cc1. The largest absolute Gasteiger partial charge is 0.462 e. The number of esters is 1. The van der Waals surface area contributed by atoms with Crippen LogP contribution in [0.15, 0.2) is 24.3 Å². The number of carbonyl (C=O) groups is 2. The molecule has 0 atom stereocenters. The van der Waals surface area contributed by atoms with Crippen LogP contribution in [0.2, 0.25) is 0 Å². The maximum atomic E-state index is 13.1. The van der Waals surface area contributed by atoms with Crippen LogP contribution in [0.1, 0.15) is 29.1 Å². The van der Waals surface area contributed by atoms with Crippen molar-refractivity contribution < 1.29 is 18.7 Å². The monoisotopic (exact) mass is 321 g/mol. The van der Waals surface area contributed by atoms with Crippen LogP contribution < -0.4 is 5.32 Å². The lowest BCUT2D eigenvalue weighted by Crippen LogP contribution is -2.11. The quantitative estimate of drug-likeness (QED) is 0.866. The van der Waals surface area contributed by atoms with E-state index in [1.165, 1.54) is 30.4 Å². The standard InChI is InChI=1S/C16H16FNO3S/c1-4-21-16(20)14-13(11-5-7-12(17)8-6-11)9(2)22-15(14)18-10(3)19/h5-8H,4H2,1-3H3,(H,18,19). The highest BCUT2D eigenvalue weighted by molar-refractivity contribution is 7.17. The Morgan fingerprint density at radius 3 is 2.45 bits per heavy atom. The van der Waals surface area contributed by atoms with Gasteiger partial charge in [0.25, 0.3) is 0 Å². The molecule has 22 heavy (non-hydrogen) atoms. The van der Waals surface area contributed by atoms with Gasteiger partial charge in [0.05, 0.1) is 6.61 Å². The van der Waals surface area contributed by atoms with Crippen LogP contribution in [0.25, 0.3) is 11.1 Å². The average molecular weight is 321 g/mol. The summed E-state index contributed by atoms with van der Waals surface area (Å²) in [4.78, 5) is 24.5. The van der Waals surface area contributed by atoms with Gasteiger partial charge < -0.3 is 10.1 Å². The fourth-order valence-electron chi connectivity index (χ4n) is 2.15. The summed E-state index contributed by atoms with van der Waals surface area (Å²) in [6, 6.07) is 5.87. The molecule has 1 amide bonds. The molecule has 4 nitrogen and oxygen atoms in total. The van der Waals surface area contributed by atoms with Crippen molar-refractivity contribution in [2.24, 2.45) is 0 Å². The maximum Gasteiger partial charge on any atom is 0.341 e. The second kappa shape index (κ2) is 6.70. The molecular weight excluding hydrogens is 305 g/mol. The first-order valence-electron chi connectivity index (χ1n) is 6.78. The van der Waals surface area contributed by atoms with Crippen molar-refractivity contribution in [1.82, 2.24) is 0 Å². The maximum absolute atomic E-state index is 13.1. The fourth-order valence-corrected chi connectivity index (χ4v) is 3.27. The van der Waals surface area contributed by atoms with Crippen molar-refractivity contribution in [1.29, 1.82) is 0 Å². The van der Waals surface area contributed by atoms with E-state index in [0.29, 0.717) is 21.7 Å². The molecule has 2 rings (SSSR count). The first kappa shape index (κ1) is 16.2. The zero-order chi connectivity index (χ0) is 16.3. The molecular formula is C16H16FNO3S. The van der Waals surface area contributed by atoms with Crippen molar-refractivity contribution in [2.75, 3.05) is 11.9 Å². The second-order valence-corrected chi connectivity index (χ2v) is 5.87. The Labute approximate surface area is 131 Å². The molecule has 0 radical (unpaired) electrons. The van der Waals surface area contributed by atoms with Crippen LogP contribution in [0.4, 0.5) is 9.39 Å². The minimum Gasteiger partial charge on any atom is -0.462 e. The number of rotatable bonds is 4. The minimum absolute atomic E-state index is 0.232. The Kier molecular flexibility index (Phi) is 4.92. The van der Waals surface area contributed by atoms with E-state index >= 15 is 0 Å². The summed E-state index contributed by atoms with van der Waals surface area (Å²) in [5, 5.41) is 3.11. The van der Waals surface area contributed by atoms with E-state index in [0.717, 1.165) is 4.88 Å². The summed E-state index contributed by atoms with van der Waals surface area (Å²) in [7, 11) is 0. The van der Waals surface area contributed by atoms with Crippen molar-refractivity contribution >= 4 is 28.2 Å². The zero-order valence-electron chi connectivity index (χ0n) is 12.5. The van der Waals surface area contributed by atoms with Crippen LogP contribution >= 0.6 is 11.3 Å². The van der Waals surface area contributed by atoms with Crippen LogP contribution in [0.3, 0.4) is 0 Å². The van der Waals surface area contributed by atoms with Crippen LogP contribution in [-0.4, -0.2) is 18.5 Å². The third-order valence-electron chi connectivity index (χ3n) is 2.99. The van der Waals surface area contributed by atoms with Gasteiger partial charge >= 0.3 is 5.97 Å². The number of benzene rings is 1. The van der Waals surface area contributed by atoms with Crippen molar-refractivity contribution in [3.05, 3.63) is 40.5 Å². The summed E-state index contributed by atoms with van der Waals surface area (Å²) in [5.74, 6) is -1.12. The molecule has 0 aliphatic rings. The Bertz CT molecular complexity index is 707. The Hall–Kier alpha value is -2.21. The molecule has 0 aliphatic carbocycles. The van der Waals surface area contributed by atoms with E-state index < -0.39 is 5.97 Å². The van der Waals surface area contributed by atoms with Gasteiger partial charge in [-0.3, -0.25) is 4.79 Å². The summed E-state index contributed by atoms with van der Waals surface area (Å²) < 4.78 is 18.2. The van der Waals surface area contributed by atoms with Crippen LogP contribution in [0, 0.1) is 12.7 Å². The van der Waals surface area contributed by atoms with Crippen LogP contribution in [0.5, 0.6) is 0 Å². The van der Waals surface area contributed by atoms with Gasteiger partial charge in [0.1, 0.15) is 16.4 Å². The van der Waals surface area contributed by atoms with E-state index in [2.05, 4.69) is 5.32 Å². The number of aryl methyl sites for hydroxylation is 1. The van der Waals surface area contributed by atoms with Gasteiger partial charge in [0.2, 0.25) is 5.91 Å². The Morgan fingerprint density at radius 1 is 1.27 bits per heavy atom. The minimum atomic E-state index is -0.505. The summed E-state index contributed by atoms with van der Waals surface area (Å²) in [6.45, 7) is 5.17. The van der Waals surface area contributed by atoms with Gasteiger partial charge in [0.15, 0.2) is 0 Å². The van der Waals surface area contributed by atoms with E-state index in [4.69, 9.17) is 4.74 Å². The molecule has 0 fully saturated rings. The van der Waals surface area contributed by atoms with Crippen molar-refractivity contribution in [2.45, 2.75) is 20.8 Å². The summed E-state index contributed by atoms with van der Waals surface area (Å²) >= 11 is 1.30. The van der Waals surface area contributed by atoms with Gasteiger partial charge in [-0.15, -0.1) is 11.3 Å². The molecule has 0 saturated carbocycles. The van der Waals surface area contributed by atoms with Crippen LogP contribution in [-0.2, 0) is 9.53 Å². The summed E-state index contributed by atoms with van der Waals surface area (Å²) in [6.07, 6.45) is 0. The summed E-state index contributed by atoms with van der Waals surface area (Å²) in [5.41, 5.74) is 1.67. The lowest BCUT2D eigenvalue weighted by Gasteiger charge is -2.08. The molecule has 116 valence electrons. The smallest absolute Gasteiger partial charge is 0.341 e. The topological polar surface area (TPSA) is 55.4 Å². The van der Waals surface area contributed by atoms with E-state index in [1.54, 1.807) is 19.1 Å². The van der Waals surface area contributed by atoms with Gasteiger partial charge in [-0.2, -0.15) is 0 Å². The van der Waals surface area contributed by atoms with E-state index in [9.17, 15) is 14.0 Å². The number of hydrogen-bond acceptors (Lipinski definition) is 4. The average Bonchev–Trinajstić information content (AvgIpc) is 2.75. The van der Waals surface area contributed by atoms with Gasteiger partial charge in [-0.25, -0.2) is 9.18 Å². The van der Waals surface area contributed by atoms with E-state index in [-0.39, 0.29) is 18.3 Å². The van der Waals surface area contributed by atoms with Gasteiger partial charge in [-0.1, -0.05) is 12.1 Å².